The van der Waals surface area contributed by atoms with Gasteiger partial charge in [-0.05, 0) is 39.4 Å². The molecule has 1 saturated heterocycles. The lowest BCUT2D eigenvalue weighted by Gasteiger charge is -2.41. The number of hydrogen-bond donors (Lipinski definition) is 1. The van der Waals surface area contributed by atoms with Crippen LogP contribution >= 0.6 is 0 Å². The molecular weight excluding hydrogens is 255 g/mol. The first-order chi connectivity index (χ1) is 9.58. The second-order valence-electron chi connectivity index (χ2n) is 5.54. The molecule has 0 aromatic heterocycles. The SMILES string of the molecule is CCC1COC(C)CN1c1cccc(F)c1C(C)NC. The first-order valence-corrected chi connectivity index (χ1v) is 7.42. The Morgan fingerprint density at radius 2 is 2.25 bits per heavy atom. The topological polar surface area (TPSA) is 24.5 Å². The molecule has 0 aliphatic carbocycles. The van der Waals surface area contributed by atoms with Gasteiger partial charge in [0, 0.05) is 23.8 Å². The molecule has 4 heteroatoms. The molecule has 20 heavy (non-hydrogen) atoms. The summed E-state index contributed by atoms with van der Waals surface area (Å²) in [5.74, 6) is -0.140. The van der Waals surface area contributed by atoms with Crippen LogP contribution in [0.5, 0.6) is 0 Å². The van der Waals surface area contributed by atoms with Gasteiger partial charge in [-0.3, -0.25) is 0 Å². The number of morpholine rings is 1. The molecule has 0 spiro atoms. The van der Waals surface area contributed by atoms with Crippen LogP contribution in [0.15, 0.2) is 18.2 Å². The zero-order chi connectivity index (χ0) is 14.7. The quantitative estimate of drug-likeness (QED) is 0.917. The van der Waals surface area contributed by atoms with Crippen molar-refractivity contribution in [2.45, 2.75) is 45.4 Å². The third-order valence-electron chi connectivity index (χ3n) is 4.14. The van der Waals surface area contributed by atoms with E-state index in [9.17, 15) is 4.39 Å². The highest BCUT2D eigenvalue weighted by Crippen LogP contribution is 2.32. The maximum atomic E-state index is 14.3. The number of anilines is 1. The van der Waals surface area contributed by atoms with Crippen molar-refractivity contribution in [3.8, 4) is 0 Å². The Hall–Kier alpha value is -1.13. The molecule has 1 aliphatic heterocycles. The van der Waals surface area contributed by atoms with Crippen molar-refractivity contribution >= 4 is 5.69 Å². The molecule has 1 fully saturated rings. The van der Waals surface area contributed by atoms with E-state index in [1.807, 2.05) is 20.0 Å². The van der Waals surface area contributed by atoms with Crippen molar-refractivity contribution in [2.75, 3.05) is 25.1 Å². The molecule has 112 valence electrons. The maximum Gasteiger partial charge on any atom is 0.130 e. The maximum absolute atomic E-state index is 14.3. The fourth-order valence-corrected chi connectivity index (χ4v) is 2.83. The number of ether oxygens (including phenoxy) is 1. The predicted molar refractivity (Wildman–Crippen MR) is 80.7 cm³/mol. The molecule has 0 radical (unpaired) electrons. The molecule has 2 rings (SSSR count). The highest BCUT2D eigenvalue weighted by molar-refractivity contribution is 5.56. The fraction of sp³-hybridized carbons (Fsp3) is 0.625. The van der Waals surface area contributed by atoms with Crippen molar-refractivity contribution < 1.29 is 9.13 Å². The third-order valence-corrected chi connectivity index (χ3v) is 4.14. The molecule has 1 aromatic carbocycles. The second-order valence-corrected chi connectivity index (χ2v) is 5.54. The monoisotopic (exact) mass is 280 g/mol. The van der Waals surface area contributed by atoms with Crippen LogP contribution in [0.25, 0.3) is 0 Å². The van der Waals surface area contributed by atoms with E-state index in [1.165, 1.54) is 6.07 Å². The molecular formula is C16H25FN2O. The van der Waals surface area contributed by atoms with Crippen LogP contribution in [-0.4, -0.2) is 32.3 Å². The van der Waals surface area contributed by atoms with Crippen LogP contribution < -0.4 is 10.2 Å². The van der Waals surface area contributed by atoms with Gasteiger partial charge in [-0.25, -0.2) is 4.39 Å². The summed E-state index contributed by atoms with van der Waals surface area (Å²) in [6.45, 7) is 7.73. The average Bonchev–Trinajstić information content (AvgIpc) is 2.46. The normalized spacial score (nSPS) is 24.8. The lowest BCUT2D eigenvalue weighted by Crippen LogP contribution is -2.49. The van der Waals surface area contributed by atoms with Crippen LogP contribution in [0, 0.1) is 5.82 Å². The summed E-state index contributed by atoms with van der Waals surface area (Å²) >= 11 is 0. The van der Waals surface area contributed by atoms with Crippen LogP contribution in [0.1, 0.15) is 38.8 Å². The summed E-state index contributed by atoms with van der Waals surface area (Å²) in [7, 11) is 1.86. The molecule has 3 unspecified atom stereocenters. The van der Waals surface area contributed by atoms with E-state index in [0.29, 0.717) is 12.6 Å². The second kappa shape index (κ2) is 6.55. The zero-order valence-corrected chi connectivity index (χ0v) is 12.8. The molecule has 0 saturated carbocycles. The predicted octanol–water partition coefficient (Wildman–Crippen LogP) is 3.11. The fourth-order valence-electron chi connectivity index (χ4n) is 2.83. The van der Waals surface area contributed by atoms with E-state index in [0.717, 1.165) is 24.2 Å². The van der Waals surface area contributed by atoms with E-state index in [1.54, 1.807) is 6.07 Å². The van der Waals surface area contributed by atoms with Crippen molar-refractivity contribution in [3.63, 3.8) is 0 Å². The minimum Gasteiger partial charge on any atom is -0.375 e. The number of halogens is 1. The smallest absolute Gasteiger partial charge is 0.130 e. The van der Waals surface area contributed by atoms with Crippen LogP contribution in [-0.2, 0) is 4.74 Å². The van der Waals surface area contributed by atoms with Gasteiger partial charge in [0.1, 0.15) is 5.82 Å². The van der Waals surface area contributed by atoms with Crippen molar-refractivity contribution in [2.24, 2.45) is 0 Å². The standard InChI is InChI=1S/C16H25FN2O/c1-5-13-10-20-11(2)9-19(13)15-8-6-7-14(17)16(15)12(3)18-4/h6-8,11-13,18H,5,9-10H2,1-4H3. The van der Waals surface area contributed by atoms with Crippen molar-refractivity contribution in [3.05, 3.63) is 29.6 Å². The summed E-state index contributed by atoms with van der Waals surface area (Å²) in [6, 6.07) is 5.66. The largest absolute Gasteiger partial charge is 0.375 e. The highest BCUT2D eigenvalue weighted by atomic mass is 19.1. The molecule has 1 heterocycles. The Morgan fingerprint density at radius 3 is 2.90 bits per heavy atom. The zero-order valence-electron chi connectivity index (χ0n) is 12.8. The molecule has 3 atom stereocenters. The molecule has 0 bridgehead atoms. The summed E-state index contributed by atoms with van der Waals surface area (Å²) in [6.07, 6.45) is 1.18. The average molecular weight is 280 g/mol. The van der Waals surface area contributed by atoms with Gasteiger partial charge in [0.2, 0.25) is 0 Å². The highest BCUT2D eigenvalue weighted by Gasteiger charge is 2.29. The number of hydrogen-bond acceptors (Lipinski definition) is 3. The van der Waals surface area contributed by atoms with E-state index in [-0.39, 0.29) is 18.0 Å². The summed E-state index contributed by atoms with van der Waals surface area (Å²) in [5.41, 5.74) is 1.75. The van der Waals surface area contributed by atoms with Crippen LogP contribution in [0.3, 0.4) is 0 Å². The lowest BCUT2D eigenvalue weighted by atomic mass is 10.0. The minimum absolute atomic E-state index is 0.0122. The van der Waals surface area contributed by atoms with Gasteiger partial charge in [0.05, 0.1) is 18.8 Å². The summed E-state index contributed by atoms with van der Waals surface area (Å²) in [4.78, 5) is 2.31. The van der Waals surface area contributed by atoms with E-state index < -0.39 is 0 Å². The van der Waals surface area contributed by atoms with Crippen LogP contribution in [0.2, 0.25) is 0 Å². The van der Waals surface area contributed by atoms with Gasteiger partial charge in [0.15, 0.2) is 0 Å². The van der Waals surface area contributed by atoms with Gasteiger partial charge in [-0.1, -0.05) is 13.0 Å². The van der Waals surface area contributed by atoms with Gasteiger partial charge in [-0.15, -0.1) is 0 Å². The summed E-state index contributed by atoms with van der Waals surface area (Å²) in [5, 5.41) is 3.15. The molecule has 1 aromatic rings. The molecule has 1 N–H and O–H groups in total. The molecule has 0 amide bonds. The Morgan fingerprint density at radius 1 is 1.50 bits per heavy atom. The number of nitrogens with zero attached hydrogens (tertiary/aromatic N) is 1. The van der Waals surface area contributed by atoms with E-state index in [4.69, 9.17) is 4.74 Å². The number of rotatable bonds is 4. The van der Waals surface area contributed by atoms with Gasteiger partial charge in [0.25, 0.3) is 0 Å². The minimum atomic E-state index is -0.140. The van der Waals surface area contributed by atoms with E-state index in [2.05, 4.69) is 24.1 Å². The van der Waals surface area contributed by atoms with E-state index >= 15 is 0 Å². The Balaban J connectivity index is 2.41. The first-order valence-electron chi connectivity index (χ1n) is 7.42. The van der Waals surface area contributed by atoms with Crippen molar-refractivity contribution in [1.29, 1.82) is 0 Å². The van der Waals surface area contributed by atoms with Gasteiger partial charge >= 0.3 is 0 Å². The Bertz CT molecular complexity index is 452. The summed E-state index contributed by atoms with van der Waals surface area (Å²) < 4.78 is 20.0. The lowest BCUT2D eigenvalue weighted by molar-refractivity contribution is 0.0298. The third kappa shape index (κ3) is 2.96. The number of benzene rings is 1. The van der Waals surface area contributed by atoms with Gasteiger partial charge < -0.3 is 15.0 Å². The van der Waals surface area contributed by atoms with Crippen LogP contribution in [0.4, 0.5) is 10.1 Å². The molecule has 1 aliphatic rings. The Labute approximate surface area is 121 Å². The van der Waals surface area contributed by atoms with Crippen molar-refractivity contribution in [1.82, 2.24) is 5.32 Å². The first kappa shape index (κ1) is 15.3. The Kier molecular flexibility index (Phi) is 5.00. The molecule has 3 nitrogen and oxygen atoms in total. The van der Waals surface area contributed by atoms with Gasteiger partial charge in [-0.2, -0.15) is 0 Å². The number of nitrogens with one attached hydrogen (secondary N) is 1.